The van der Waals surface area contributed by atoms with Gasteiger partial charge in [-0.3, -0.25) is 0 Å². The number of aliphatic hydroxyl groups is 1. The van der Waals surface area contributed by atoms with Gasteiger partial charge in [-0.25, -0.2) is 0 Å². The van der Waals surface area contributed by atoms with Gasteiger partial charge >= 0.3 is 0 Å². The van der Waals surface area contributed by atoms with Crippen molar-refractivity contribution in [2.75, 3.05) is 0 Å². The Kier molecular flexibility index (Phi) is 7.12. The molecule has 0 bridgehead atoms. The largest absolute Gasteiger partial charge is 0.390 e. The molecule has 2 rings (SSSR count). The lowest BCUT2D eigenvalue weighted by Crippen LogP contribution is -2.56. The SMILES string of the molecule is CCC1O[C@@H](O[C@@H]2C(CC)OC(C)C(O)[C@H]2C)C(C)[C@@H](C)[C@@H]1CC. The summed E-state index contributed by atoms with van der Waals surface area (Å²) in [6, 6.07) is 0. The van der Waals surface area contributed by atoms with Crippen molar-refractivity contribution in [3.05, 3.63) is 0 Å². The second kappa shape index (κ2) is 8.48. The van der Waals surface area contributed by atoms with Gasteiger partial charge < -0.3 is 19.3 Å². The van der Waals surface area contributed by atoms with E-state index in [9.17, 15) is 5.11 Å². The standard InChI is InChI=1S/C20H38O4/c1-8-15-11(4)12(5)20(23-16(15)9-2)24-19-13(6)18(21)14(7)22-17(19)10-3/h11-21H,8-10H2,1-7H3/t11-,12?,13-,14?,15+,16?,17?,18?,19+,20+/m1/s1. The number of aliphatic hydroxyl groups excluding tert-OH is 1. The molecule has 24 heavy (non-hydrogen) atoms. The second-order valence-corrected chi connectivity index (χ2v) is 7.98. The van der Waals surface area contributed by atoms with Gasteiger partial charge in [0.15, 0.2) is 6.29 Å². The van der Waals surface area contributed by atoms with E-state index in [4.69, 9.17) is 14.2 Å². The third-order valence-electron chi connectivity index (χ3n) is 6.58. The number of hydrogen-bond acceptors (Lipinski definition) is 4. The van der Waals surface area contributed by atoms with E-state index in [0.717, 1.165) is 19.3 Å². The van der Waals surface area contributed by atoms with Crippen molar-refractivity contribution in [1.82, 2.24) is 0 Å². The Hall–Kier alpha value is -0.160. The van der Waals surface area contributed by atoms with Crippen LogP contribution in [0.2, 0.25) is 0 Å². The average molecular weight is 343 g/mol. The molecule has 0 spiro atoms. The Morgan fingerprint density at radius 2 is 1.42 bits per heavy atom. The van der Waals surface area contributed by atoms with Gasteiger partial charge in [-0.2, -0.15) is 0 Å². The van der Waals surface area contributed by atoms with Crippen LogP contribution in [-0.2, 0) is 14.2 Å². The minimum Gasteiger partial charge on any atom is -0.390 e. The first-order chi connectivity index (χ1) is 11.3. The van der Waals surface area contributed by atoms with E-state index < -0.39 is 6.10 Å². The second-order valence-electron chi connectivity index (χ2n) is 7.98. The van der Waals surface area contributed by atoms with Gasteiger partial charge in [0.2, 0.25) is 0 Å². The number of rotatable bonds is 5. The predicted molar refractivity (Wildman–Crippen MR) is 95.7 cm³/mol. The summed E-state index contributed by atoms with van der Waals surface area (Å²) in [5, 5.41) is 10.4. The lowest BCUT2D eigenvalue weighted by molar-refractivity contribution is -0.305. The molecular weight excluding hydrogens is 304 g/mol. The lowest BCUT2D eigenvalue weighted by Gasteiger charge is -2.48. The Labute approximate surface area is 148 Å². The van der Waals surface area contributed by atoms with E-state index in [1.807, 2.05) is 6.92 Å². The molecule has 2 fully saturated rings. The fourth-order valence-corrected chi connectivity index (χ4v) is 4.65. The first-order valence-electron chi connectivity index (χ1n) is 9.99. The number of ether oxygens (including phenoxy) is 3. The van der Waals surface area contributed by atoms with Crippen LogP contribution in [0, 0.1) is 23.7 Å². The van der Waals surface area contributed by atoms with Crippen LogP contribution in [0.5, 0.6) is 0 Å². The molecule has 0 aliphatic carbocycles. The fourth-order valence-electron chi connectivity index (χ4n) is 4.65. The molecule has 4 heteroatoms. The Balaban J connectivity index is 2.12. The first-order valence-corrected chi connectivity index (χ1v) is 9.99. The maximum atomic E-state index is 10.4. The maximum Gasteiger partial charge on any atom is 0.161 e. The molecular formula is C20H38O4. The summed E-state index contributed by atoms with van der Waals surface area (Å²) in [5.41, 5.74) is 0. The van der Waals surface area contributed by atoms with Crippen LogP contribution in [-0.4, -0.2) is 41.9 Å². The highest BCUT2D eigenvalue weighted by atomic mass is 16.7. The van der Waals surface area contributed by atoms with Crippen LogP contribution in [0.25, 0.3) is 0 Å². The van der Waals surface area contributed by atoms with Gasteiger partial charge in [0.05, 0.1) is 30.5 Å². The van der Waals surface area contributed by atoms with E-state index in [1.54, 1.807) is 0 Å². The van der Waals surface area contributed by atoms with Crippen LogP contribution in [0.4, 0.5) is 0 Å². The third-order valence-corrected chi connectivity index (χ3v) is 6.58. The third kappa shape index (κ3) is 3.82. The summed E-state index contributed by atoms with van der Waals surface area (Å²) in [4.78, 5) is 0. The minimum absolute atomic E-state index is 0.0217. The topological polar surface area (TPSA) is 47.9 Å². The van der Waals surface area contributed by atoms with E-state index in [-0.39, 0.29) is 36.6 Å². The highest BCUT2D eigenvalue weighted by Crippen LogP contribution is 2.40. The predicted octanol–water partition coefficient (Wildman–Crippen LogP) is 4.00. The molecule has 2 aliphatic heterocycles. The van der Waals surface area contributed by atoms with Gasteiger partial charge in [-0.05, 0) is 31.6 Å². The van der Waals surface area contributed by atoms with Crippen LogP contribution in [0.1, 0.15) is 67.7 Å². The van der Waals surface area contributed by atoms with Gasteiger partial charge in [-0.15, -0.1) is 0 Å². The number of hydrogen-bond donors (Lipinski definition) is 1. The zero-order chi connectivity index (χ0) is 18.0. The minimum atomic E-state index is -0.487. The van der Waals surface area contributed by atoms with Gasteiger partial charge in [0.1, 0.15) is 0 Å². The summed E-state index contributed by atoms with van der Waals surface area (Å²) in [5.74, 6) is 1.56. The summed E-state index contributed by atoms with van der Waals surface area (Å²) in [6.45, 7) is 15.1. The zero-order valence-electron chi connectivity index (χ0n) is 16.6. The normalized spacial score (nSPS) is 50.0. The summed E-state index contributed by atoms with van der Waals surface area (Å²) >= 11 is 0. The maximum absolute atomic E-state index is 10.4. The van der Waals surface area contributed by atoms with Crippen LogP contribution in [0.15, 0.2) is 0 Å². The van der Waals surface area contributed by atoms with Crippen molar-refractivity contribution in [2.45, 2.75) is 105 Å². The van der Waals surface area contributed by atoms with Crippen LogP contribution in [0.3, 0.4) is 0 Å². The smallest absolute Gasteiger partial charge is 0.161 e. The van der Waals surface area contributed by atoms with E-state index in [0.29, 0.717) is 17.8 Å². The summed E-state index contributed by atoms with van der Waals surface area (Å²) < 4.78 is 18.8. The van der Waals surface area contributed by atoms with Crippen molar-refractivity contribution in [3.63, 3.8) is 0 Å². The molecule has 5 unspecified atom stereocenters. The van der Waals surface area contributed by atoms with Crippen molar-refractivity contribution in [1.29, 1.82) is 0 Å². The molecule has 2 heterocycles. The lowest BCUT2D eigenvalue weighted by atomic mass is 9.75. The van der Waals surface area contributed by atoms with Crippen LogP contribution < -0.4 is 0 Å². The Morgan fingerprint density at radius 1 is 0.792 bits per heavy atom. The molecule has 4 nitrogen and oxygen atoms in total. The summed E-state index contributed by atoms with van der Waals surface area (Å²) in [6.07, 6.45) is 2.38. The van der Waals surface area contributed by atoms with Crippen molar-refractivity contribution < 1.29 is 19.3 Å². The first kappa shape index (κ1) is 20.2. The quantitative estimate of drug-likeness (QED) is 0.820. The molecule has 2 aliphatic rings. The van der Waals surface area contributed by atoms with Gasteiger partial charge in [0, 0.05) is 11.8 Å². The molecule has 0 saturated carbocycles. The van der Waals surface area contributed by atoms with Gasteiger partial charge in [0.25, 0.3) is 0 Å². The molecule has 0 aromatic carbocycles. The molecule has 2 saturated heterocycles. The Morgan fingerprint density at radius 3 is 1.96 bits per heavy atom. The fraction of sp³-hybridized carbons (Fsp3) is 1.00. The molecule has 0 aromatic rings. The van der Waals surface area contributed by atoms with Crippen LogP contribution >= 0.6 is 0 Å². The van der Waals surface area contributed by atoms with Crippen molar-refractivity contribution >= 4 is 0 Å². The van der Waals surface area contributed by atoms with Crippen molar-refractivity contribution in [3.8, 4) is 0 Å². The molecule has 1 N–H and O–H groups in total. The van der Waals surface area contributed by atoms with E-state index >= 15 is 0 Å². The highest BCUT2D eigenvalue weighted by Gasteiger charge is 2.46. The molecule has 142 valence electrons. The van der Waals surface area contributed by atoms with Gasteiger partial charge in [-0.1, -0.05) is 48.0 Å². The summed E-state index contributed by atoms with van der Waals surface area (Å²) in [7, 11) is 0. The highest BCUT2D eigenvalue weighted by molar-refractivity contribution is 4.91. The van der Waals surface area contributed by atoms with E-state index in [1.165, 1.54) is 0 Å². The Bertz CT molecular complexity index is 384. The molecule has 10 atom stereocenters. The zero-order valence-corrected chi connectivity index (χ0v) is 16.6. The molecule has 0 amide bonds. The molecule has 0 aromatic heterocycles. The monoisotopic (exact) mass is 342 g/mol. The van der Waals surface area contributed by atoms with E-state index in [2.05, 4.69) is 41.5 Å². The average Bonchev–Trinajstić information content (AvgIpc) is 2.58. The van der Waals surface area contributed by atoms with Crippen molar-refractivity contribution in [2.24, 2.45) is 23.7 Å². The molecule has 0 radical (unpaired) electrons.